The third-order valence-corrected chi connectivity index (χ3v) is 3.35. The molecule has 94 valence electrons. The molecule has 3 aromatic rings. The Morgan fingerprint density at radius 2 is 1.89 bits per heavy atom. The molecule has 0 fully saturated rings. The van der Waals surface area contributed by atoms with Crippen LogP contribution in [0.5, 0.6) is 0 Å². The monoisotopic (exact) mass is 314 g/mol. The molecule has 0 saturated heterocycles. The second kappa shape index (κ2) is 4.85. The highest BCUT2D eigenvalue weighted by molar-refractivity contribution is 9.10. The van der Waals surface area contributed by atoms with E-state index in [1.165, 1.54) is 0 Å². The summed E-state index contributed by atoms with van der Waals surface area (Å²) in [7, 11) is 0. The Labute approximate surface area is 119 Å². The molecule has 0 spiro atoms. The van der Waals surface area contributed by atoms with Gasteiger partial charge < -0.3 is 5.73 Å². The van der Waals surface area contributed by atoms with Crippen molar-refractivity contribution in [1.29, 1.82) is 0 Å². The van der Waals surface area contributed by atoms with E-state index in [1.807, 2.05) is 47.2 Å². The van der Waals surface area contributed by atoms with Crippen molar-refractivity contribution in [3.63, 3.8) is 0 Å². The summed E-state index contributed by atoms with van der Waals surface area (Å²) in [6.45, 7) is 0. The van der Waals surface area contributed by atoms with Crippen LogP contribution in [0.25, 0.3) is 16.9 Å². The third-order valence-electron chi connectivity index (χ3n) is 2.82. The number of hydrogen-bond acceptors (Lipinski definition) is 3. The van der Waals surface area contributed by atoms with Crippen LogP contribution >= 0.6 is 15.9 Å². The first-order valence-electron chi connectivity index (χ1n) is 5.74. The molecule has 0 amide bonds. The summed E-state index contributed by atoms with van der Waals surface area (Å²) in [5, 5.41) is 0. The van der Waals surface area contributed by atoms with E-state index < -0.39 is 0 Å². The number of hydrogen-bond donors (Lipinski definition) is 1. The molecule has 19 heavy (non-hydrogen) atoms. The van der Waals surface area contributed by atoms with Crippen molar-refractivity contribution < 1.29 is 0 Å². The van der Waals surface area contributed by atoms with Gasteiger partial charge in [0, 0.05) is 21.9 Å². The molecule has 5 heteroatoms. The molecule has 0 unspecified atom stereocenters. The number of pyridine rings is 1. The summed E-state index contributed by atoms with van der Waals surface area (Å²) in [4.78, 5) is 8.22. The molecule has 0 aliphatic rings. The predicted octanol–water partition coefficient (Wildman–Crippen LogP) is 3.28. The molecule has 2 N–H and O–H groups in total. The van der Waals surface area contributed by atoms with Crippen molar-refractivity contribution in [3.8, 4) is 16.9 Å². The highest BCUT2D eigenvalue weighted by atomic mass is 79.9. The van der Waals surface area contributed by atoms with Gasteiger partial charge in [-0.1, -0.05) is 15.9 Å². The Morgan fingerprint density at radius 3 is 2.63 bits per heavy atom. The van der Waals surface area contributed by atoms with E-state index in [2.05, 4.69) is 25.9 Å². The van der Waals surface area contributed by atoms with Crippen LogP contribution in [-0.4, -0.2) is 14.5 Å². The average molecular weight is 315 g/mol. The Hall–Kier alpha value is -2.14. The van der Waals surface area contributed by atoms with Gasteiger partial charge in [-0.25, -0.2) is 9.97 Å². The van der Waals surface area contributed by atoms with Crippen molar-refractivity contribution in [2.24, 2.45) is 0 Å². The normalized spacial score (nSPS) is 10.6. The molecule has 4 nitrogen and oxygen atoms in total. The lowest BCUT2D eigenvalue weighted by atomic mass is 10.2. The summed E-state index contributed by atoms with van der Waals surface area (Å²) in [5.74, 6) is 0.501. The lowest BCUT2D eigenvalue weighted by molar-refractivity contribution is 1.06. The van der Waals surface area contributed by atoms with Crippen molar-refractivity contribution in [2.75, 3.05) is 5.73 Å². The summed E-state index contributed by atoms with van der Waals surface area (Å²) in [5.41, 5.74) is 8.75. The Morgan fingerprint density at radius 1 is 1.11 bits per heavy atom. The largest absolute Gasteiger partial charge is 0.384 e. The number of halogens is 1. The van der Waals surface area contributed by atoms with Gasteiger partial charge >= 0.3 is 0 Å². The van der Waals surface area contributed by atoms with Gasteiger partial charge in [0.25, 0.3) is 0 Å². The summed E-state index contributed by atoms with van der Waals surface area (Å²) in [6.07, 6.45) is 5.30. The SMILES string of the molecule is Nc1cc(-c2cncn2-c2ccc(Br)cc2)ccn1. The molecule has 0 atom stereocenters. The molecule has 2 heterocycles. The molecular formula is C14H11BrN4. The fraction of sp³-hybridized carbons (Fsp3) is 0. The van der Waals surface area contributed by atoms with Crippen LogP contribution < -0.4 is 5.73 Å². The van der Waals surface area contributed by atoms with E-state index >= 15 is 0 Å². The quantitative estimate of drug-likeness (QED) is 0.789. The van der Waals surface area contributed by atoms with Gasteiger partial charge in [0.1, 0.15) is 5.82 Å². The Kier molecular flexibility index (Phi) is 3.05. The zero-order valence-corrected chi connectivity index (χ0v) is 11.6. The van der Waals surface area contributed by atoms with Gasteiger partial charge in [-0.15, -0.1) is 0 Å². The maximum absolute atomic E-state index is 5.73. The van der Waals surface area contributed by atoms with Gasteiger partial charge in [-0.2, -0.15) is 0 Å². The standard InChI is InChI=1S/C14H11BrN4/c15-11-1-3-12(4-2-11)19-9-17-8-13(19)10-5-6-18-14(16)7-10/h1-9H,(H2,16,18). The lowest BCUT2D eigenvalue weighted by Crippen LogP contribution is -1.96. The summed E-state index contributed by atoms with van der Waals surface area (Å²) >= 11 is 3.43. The number of imidazole rings is 1. The van der Waals surface area contributed by atoms with Crippen LogP contribution in [0, 0.1) is 0 Å². The number of rotatable bonds is 2. The van der Waals surface area contributed by atoms with E-state index in [-0.39, 0.29) is 0 Å². The van der Waals surface area contributed by atoms with Gasteiger partial charge in [0.15, 0.2) is 0 Å². The van der Waals surface area contributed by atoms with Crippen LogP contribution in [0.15, 0.2) is 59.6 Å². The van der Waals surface area contributed by atoms with Crippen molar-refractivity contribution >= 4 is 21.7 Å². The minimum atomic E-state index is 0.501. The van der Waals surface area contributed by atoms with E-state index in [1.54, 1.807) is 12.5 Å². The van der Waals surface area contributed by atoms with E-state index in [0.717, 1.165) is 21.4 Å². The second-order valence-corrected chi connectivity index (χ2v) is 5.01. The fourth-order valence-electron chi connectivity index (χ4n) is 1.92. The number of nitrogen functional groups attached to an aromatic ring is 1. The number of nitrogens with zero attached hydrogens (tertiary/aromatic N) is 3. The van der Waals surface area contributed by atoms with Crippen LogP contribution in [0.4, 0.5) is 5.82 Å². The topological polar surface area (TPSA) is 56.7 Å². The fourth-order valence-corrected chi connectivity index (χ4v) is 2.19. The summed E-state index contributed by atoms with van der Waals surface area (Å²) in [6, 6.07) is 11.8. The predicted molar refractivity (Wildman–Crippen MR) is 78.9 cm³/mol. The maximum Gasteiger partial charge on any atom is 0.123 e. The number of benzene rings is 1. The Balaban J connectivity index is 2.10. The van der Waals surface area contributed by atoms with Crippen LogP contribution in [0.2, 0.25) is 0 Å². The first-order valence-corrected chi connectivity index (χ1v) is 6.53. The van der Waals surface area contributed by atoms with Crippen molar-refractivity contribution in [3.05, 3.63) is 59.6 Å². The molecule has 2 aromatic heterocycles. The first kappa shape index (κ1) is 11.9. The zero-order chi connectivity index (χ0) is 13.2. The number of aromatic nitrogens is 3. The van der Waals surface area contributed by atoms with Gasteiger partial charge in [0.2, 0.25) is 0 Å². The minimum Gasteiger partial charge on any atom is -0.384 e. The summed E-state index contributed by atoms with van der Waals surface area (Å²) < 4.78 is 3.06. The molecule has 1 aromatic carbocycles. The molecule has 0 aliphatic heterocycles. The third kappa shape index (κ3) is 2.37. The number of anilines is 1. The lowest BCUT2D eigenvalue weighted by Gasteiger charge is -2.08. The van der Waals surface area contributed by atoms with Gasteiger partial charge in [-0.3, -0.25) is 4.57 Å². The molecule has 3 rings (SSSR count). The molecule has 0 saturated carbocycles. The van der Waals surface area contributed by atoms with Crippen LogP contribution in [0.1, 0.15) is 0 Å². The van der Waals surface area contributed by atoms with Crippen molar-refractivity contribution in [1.82, 2.24) is 14.5 Å². The number of nitrogens with two attached hydrogens (primary N) is 1. The first-order chi connectivity index (χ1) is 9.24. The molecule has 0 bridgehead atoms. The van der Waals surface area contributed by atoms with Gasteiger partial charge in [-0.05, 0) is 36.4 Å². The molecule has 0 aliphatic carbocycles. The molecule has 0 radical (unpaired) electrons. The zero-order valence-electron chi connectivity index (χ0n) is 9.99. The van der Waals surface area contributed by atoms with E-state index in [4.69, 9.17) is 5.73 Å². The average Bonchev–Trinajstić information content (AvgIpc) is 2.89. The second-order valence-electron chi connectivity index (χ2n) is 4.09. The highest BCUT2D eigenvalue weighted by Gasteiger charge is 2.07. The van der Waals surface area contributed by atoms with E-state index in [0.29, 0.717) is 5.82 Å². The van der Waals surface area contributed by atoms with E-state index in [9.17, 15) is 0 Å². The maximum atomic E-state index is 5.73. The van der Waals surface area contributed by atoms with Crippen LogP contribution in [0.3, 0.4) is 0 Å². The molecular weight excluding hydrogens is 304 g/mol. The van der Waals surface area contributed by atoms with Gasteiger partial charge in [0.05, 0.1) is 18.2 Å². The minimum absolute atomic E-state index is 0.501. The van der Waals surface area contributed by atoms with Crippen LogP contribution in [-0.2, 0) is 0 Å². The smallest absolute Gasteiger partial charge is 0.123 e. The Bertz CT molecular complexity index is 703. The van der Waals surface area contributed by atoms with Crippen molar-refractivity contribution in [2.45, 2.75) is 0 Å². The highest BCUT2D eigenvalue weighted by Crippen LogP contribution is 2.24.